The van der Waals surface area contributed by atoms with Crippen molar-refractivity contribution >= 4 is 5.82 Å². The van der Waals surface area contributed by atoms with Crippen molar-refractivity contribution in [2.75, 3.05) is 6.61 Å². The molecule has 0 fully saturated rings. The molecule has 0 spiro atoms. The standard InChI is InChI=1S/C19H15F3N4O5/c20-19(21,22)16-6-5-14(7-23-16)31-13-3-1-12(2-4-13)10-29-15-8-25-9-17(26(27)28)24-18(25)30-11-15/h1-7,9,15H,8,10-11H2/t15-/m0/s1. The third kappa shape index (κ3) is 4.91. The zero-order chi connectivity index (χ0) is 22.0. The number of nitrogens with zero attached hydrogens (tertiary/aromatic N) is 4. The van der Waals surface area contributed by atoms with E-state index in [0.29, 0.717) is 12.3 Å². The Balaban J connectivity index is 1.30. The van der Waals surface area contributed by atoms with Gasteiger partial charge in [-0.05, 0) is 34.8 Å². The van der Waals surface area contributed by atoms with Gasteiger partial charge in [-0.1, -0.05) is 12.1 Å². The summed E-state index contributed by atoms with van der Waals surface area (Å²) < 4.78 is 55.9. The molecule has 31 heavy (non-hydrogen) atoms. The number of hydrogen-bond acceptors (Lipinski definition) is 7. The number of benzene rings is 1. The summed E-state index contributed by atoms with van der Waals surface area (Å²) in [6.45, 7) is 0.858. The summed E-state index contributed by atoms with van der Waals surface area (Å²) in [5, 5.41) is 10.8. The van der Waals surface area contributed by atoms with Crippen molar-refractivity contribution in [3.63, 3.8) is 0 Å². The van der Waals surface area contributed by atoms with Crippen LogP contribution in [0, 0.1) is 10.1 Å². The van der Waals surface area contributed by atoms with Crippen molar-refractivity contribution in [3.8, 4) is 17.5 Å². The van der Waals surface area contributed by atoms with Crippen LogP contribution in [0.3, 0.4) is 0 Å². The molecule has 3 aromatic rings. The molecular formula is C19H15F3N4O5. The second-order valence-corrected chi connectivity index (χ2v) is 6.66. The number of aromatic nitrogens is 3. The van der Waals surface area contributed by atoms with Gasteiger partial charge in [0.15, 0.2) is 0 Å². The van der Waals surface area contributed by atoms with Crippen molar-refractivity contribution in [1.82, 2.24) is 14.5 Å². The van der Waals surface area contributed by atoms with Gasteiger partial charge in [-0.2, -0.15) is 13.2 Å². The lowest BCUT2D eigenvalue weighted by Gasteiger charge is -2.22. The van der Waals surface area contributed by atoms with Crippen LogP contribution in [0.25, 0.3) is 0 Å². The van der Waals surface area contributed by atoms with Gasteiger partial charge in [0.05, 0.1) is 19.3 Å². The van der Waals surface area contributed by atoms with E-state index in [0.717, 1.165) is 17.8 Å². The largest absolute Gasteiger partial charge is 0.456 e. The number of rotatable bonds is 6. The maximum absolute atomic E-state index is 12.5. The predicted octanol–water partition coefficient (Wildman–Crippen LogP) is 3.98. The molecule has 4 rings (SSSR count). The first kappa shape index (κ1) is 20.6. The topological polar surface area (TPSA) is 102 Å². The molecule has 162 valence electrons. The van der Waals surface area contributed by atoms with Crippen LogP contribution in [-0.2, 0) is 24.1 Å². The minimum Gasteiger partial charge on any atom is -0.456 e. The fraction of sp³-hybridized carbons (Fsp3) is 0.263. The van der Waals surface area contributed by atoms with Crippen LogP contribution in [0.2, 0.25) is 0 Å². The Kier molecular flexibility index (Phi) is 5.46. The maximum Gasteiger partial charge on any atom is 0.433 e. The molecule has 0 N–H and O–H groups in total. The molecule has 0 bridgehead atoms. The minimum absolute atomic E-state index is 0.182. The molecule has 1 aliphatic rings. The van der Waals surface area contributed by atoms with Gasteiger partial charge in [-0.15, -0.1) is 0 Å². The Labute approximate surface area is 173 Å². The fourth-order valence-electron chi connectivity index (χ4n) is 2.87. The van der Waals surface area contributed by atoms with Crippen molar-refractivity contribution in [3.05, 3.63) is 70.2 Å². The number of hydrogen-bond donors (Lipinski definition) is 0. The lowest BCUT2D eigenvalue weighted by atomic mass is 10.2. The van der Waals surface area contributed by atoms with E-state index in [-0.39, 0.29) is 36.9 Å². The number of halogens is 3. The van der Waals surface area contributed by atoms with Crippen LogP contribution < -0.4 is 9.47 Å². The third-order valence-electron chi connectivity index (χ3n) is 4.38. The van der Waals surface area contributed by atoms with Crippen LogP contribution in [0.5, 0.6) is 17.5 Å². The molecule has 0 aliphatic carbocycles. The van der Waals surface area contributed by atoms with Crippen molar-refractivity contribution in [1.29, 1.82) is 0 Å². The molecule has 0 unspecified atom stereocenters. The van der Waals surface area contributed by atoms with Crippen LogP contribution in [0.1, 0.15) is 11.3 Å². The van der Waals surface area contributed by atoms with E-state index in [1.54, 1.807) is 24.3 Å². The number of imidazole rings is 1. The Bertz CT molecular complexity index is 1070. The number of alkyl halides is 3. The minimum atomic E-state index is -4.50. The van der Waals surface area contributed by atoms with Crippen LogP contribution in [0.4, 0.5) is 19.0 Å². The maximum atomic E-state index is 12.5. The van der Waals surface area contributed by atoms with E-state index in [1.165, 1.54) is 16.8 Å². The second-order valence-electron chi connectivity index (χ2n) is 6.66. The first-order chi connectivity index (χ1) is 14.8. The van der Waals surface area contributed by atoms with E-state index in [9.17, 15) is 23.3 Å². The molecule has 0 amide bonds. The Morgan fingerprint density at radius 2 is 1.94 bits per heavy atom. The molecule has 2 aromatic heterocycles. The fourth-order valence-corrected chi connectivity index (χ4v) is 2.87. The summed E-state index contributed by atoms with van der Waals surface area (Å²) >= 11 is 0. The highest BCUT2D eigenvalue weighted by atomic mass is 19.4. The first-order valence-electron chi connectivity index (χ1n) is 9.04. The molecule has 1 atom stereocenters. The van der Waals surface area contributed by atoms with Gasteiger partial charge < -0.3 is 24.3 Å². The number of nitro groups is 1. The van der Waals surface area contributed by atoms with Crippen LogP contribution in [-0.4, -0.2) is 32.2 Å². The van der Waals surface area contributed by atoms with Gasteiger partial charge in [-0.25, -0.2) is 4.98 Å². The Morgan fingerprint density at radius 3 is 2.58 bits per heavy atom. The average molecular weight is 436 g/mol. The average Bonchev–Trinajstić information content (AvgIpc) is 3.17. The molecule has 9 nitrogen and oxygen atoms in total. The highest BCUT2D eigenvalue weighted by molar-refractivity contribution is 5.32. The molecule has 0 saturated carbocycles. The van der Waals surface area contributed by atoms with Gasteiger partial charge in [0.25, 0.3) is 0 Å². The van der Waals surface area contributed by atoms with Crippen molar-refractivity contribution < 1.29 is 32.3 Å². The molecule has 0 saturated heterocycles. The van der Waals surface area contributed by atoms with Crippen molar-refractivity contribution in [2.24, 2.45) is 0 Å². The lowest BCUT2D eigenvalue weighted by molar-refractivity contribution is -0.389. The van der Waals surface area contributed by atoms with Gasteiger partial charge in [-0.3, -0.25) is 4.57 Å². The quantitative estimate of drug-likeness (QED) is 0.426. The van der Waals surface area contributed by atoms with E-state index in [2.05, 4.69) is 9.97 Å². The van der Waals surface area contributed by atoms with Crippen molar-refractivity contribution in [2.45, 2.75) is 25.4 Å². The second kappa shape index (κ2) is 8.22. The Morgan fingerprint density at radius 1 is 1.19 bits per heavy atom. The smallest absolute Gasteiger partial charge is 0.433 e. The van der Waals surface area contributed by atoms with Gasteiger partial charge in [0.1, 0.15) is 36.1 Å². The molecular weight excluding hydrogens is 421 g/mol. The SMILES string of the molecule is O=[N+]([O-])c1cn2c(n1)OC[C@@H](OCc1ccc(Oc3ccc(C(F)(F)F)nc3)cc1)C2. The Hall–Kier alpha value is -3.67. The number of fused-ring (bicyclic) bond motifs is 1. The first-order valence-corrected chi connectivity index (χ1v) is 9.04. The lowest BCUT2D eigenvalue weighted by Crippen LogP contribution is -2.32. The number of pyridine rings is 1. The summed E-state index contributed by atoms with van der Waals surface area (Å²) in [6.07, 6.45) is -2.50. The summed E-state index contributed by atoms with van der Waals surface area (Å²) in [5.74, 6) is 0.331. The van der Waals surface area contributed by atoms with Crippen LogP contribution >= 0.6 is 0 Å². The molecule has 1 aromatic carbocycles. The summed E-state index contributed by atoms with van der Waals surface area (Å²) in [5.41, 5.74) is -0.156. The van der Waals surface area contributed by atoms with E-state index >= 15 is 0 Å². The van der Waals surface area contributed by atoms with E-state index in [4.69, 9.17) is 14.2 Å². The molecule has 3 heterocycles. The molecule has 0 radical (unpaired) electrons. The summed E-state index contributed by atoms with van der Waals surface area (Å²) in [6, 6.07) is 9.06. The van der Waals surface area contributed by atoms with E-state index in [1.807, 2.05) is 0 Å². The monoisotopic (exact) mass is 436 g/mol. The number of ether oxygens (including phenoxy) is 3. The highest BCUT2D eigenvalue weighted by Crippen LogP contribution is 2.29. The molecule has 1 aliphatic heterocycles. The third-order valence-corrected chi connectivity index (χ3v) is 4.38. The van der Waals surface area contributed by atoms with Crippen LogP contribution in [0.15, 0.2) is 48.8 Å². The van der Waals surface area contributed by atoms with Gasteiger partial charge >= 0.3 is 18.0 Å². The highest BCUT2D eigenvalue weighted by Gasteiger charge is 2.32. The summed E-state index contributed by atoms with van der Waals surface area (Å²) in [7, 11) is 0. The predicted molar refractivity (Wildman–Crippen MR) is 98.7 cm³/mol. The van der Waals surface area contributed by atoms with Gasteiger partial charge in [0, 0.05) is 4.98 Å². The van der Waals surface area contributed by atoms with Gasteiger partial charge in [0.2, 0.25) is 0 Å². The normalized spacial score (nSPS) is 15.8. The zero-order valence-electron chi connectivity index (χ0n) is 15.8. The summed E-state index contributed by atoms with van der Waals surface area (Å²) in [4.78, 5) is 17.3. The van der Waals surface area contributed by atoms with E-state index < -0.39 is 16.8 Å². The zero-order valence-corrected chi connectivity index (χ0v) is 15.8. The molecule has 12 heteroatoms.